The van der Waals surface area contributed by atoms with E-state index < -0.39 is 0 Å². The Bertz CT molecular complexity index is 606. The minimum Gasteiger partial charge on any atom is -0.497 e. The highest BCUT2D eigenvalue weighted by molar-refractivity contribution is 5.42. The Balaban J connectivity index is 2.15. The van der Waals surface area contributed by atoms with Crippen LogP contribution in [0.2, 0.25) is 0 Å². The number of methoxy groups -OCH3 is 1. The van der Waals surface area contributed by atoms with Crippen LogP contribution in [0.25, 0.3) is 0 Å². The summed E-state index contributed by atoms with van der Waals surface area (Å²) >= 11 is 0. The molecule has 0 unspecified atom stereocenters. The fourth-order valence-electron chi connectivity index (χ4n) is 1.74. The lowest BCUT2D eigenvalue weighted by molar-refractivity contribution is 0.414. The van der Waals surface area contributed by atoms with Gasteiger partial charge in [0.05, 0.1) is 7.11 Å². The third-order valence-corrected chi connectivity index (χ3v) is 2.71. The van der Waals surface area contributed by atoms with Crippen molar-refractivity contribution < 1.29 is 4.74 Å². The largest absolute Gasteiger partial charge is 0.497 e. The predicted molar refractivity (Wildman–Crippen MR) is 71.8 cm³/mol. The summed E-state index contributed by atoms with van der Waals surface area (Å²) in [6.45, 7) is 0.680. The summed E-state index contributed by atoms with van der Waals surface area (Å²) in [5.74, 6) is 1.54. The summed E-state index contributed by atoms with van der Waals surface area (Å²) in [6.07, 6.45) is 1.40. The number of ether oxygens (including phenoxy) is 1. The van der Waals surface area contributed by atoms with Crippen LogP contribution in [0.4, 0.5) is 5.82 Å². The fraction of sp³-hybridized carbons (Fsp3) is 0.214. The zero-order valence-corrected chi connectivity index (χ0v) is 10.9. The van der Waals surface area contributed by atoms with Gasteiger partial charge in [-0.1, -0.05) is 12.1 Å². The van der Waals surface area contributed by atoms with E-state index in [1.165, 1.54) is 6.33 Å². The number of anilines is 1. The minimum atomic E-state index is 0.363. The lowest BCUT2D eigenvalue weighted by atomic mass is 10.2. The molecule has 1 heterocycles. The van der Waals surface area contributed by atoms with E-state index in [2.05, 4.69) is 9.97 Å². The van der Waals surface area contributed by atoms with Crippen molar-refractivity contribution in [3.05, 3.63) is 47.9 Å². The maximum absolute atomic E-state index is 8.83. The van der Waals surface area contributed by atoms with Gasteiger partial charge in [0, 0.05) is 19.7 Å². The Labute approximate surface area is 112 Å². The van der Waals surface area contributed by atoms with Crippen molar-refractivity contribution in [1.29, 1.82) is 5.26 Å². The molecule has 1 aromatic carbocycles. The number of hydrogen-bond donors (Lipinski definition) is 0. The maximum atomic E-state index is 8.83. The van der Waals surface area contributed by atoms with Crippen LogP contribution < -0.4 is 9.64 Å². The molecule has 0 amide bonds. The second-order valence-corrected chi connectivity index (χ2v) is 4.08. The van der Waals surface area contributed by atoms with Crippen LogP contribution in [-0.2, 0) is 6.54 Å². The quantitative estimate of drug-likeness (QED) is 0.835. The molecule has 1 aromatic heterocycles. The van der Waals surface area contributed by atoms with Gasteiger partial charge in [-0.05, 0) is 17.7 Å². The normalized spacial score (nSPS) is 9.74. The van der Waals surface area contributed by atoms with Crippen molar-refractivity contribution in [3.63, 3.8) is 0 Å². The third kappa shape index (κ3) is 3.19. The maximum Gasteiger partial charge on any atom is 0.145 e. The molecule has 0 saturated heterocycles. The lowest BCUT2D eigenvalue weighted by Gasteiger charge is -2.18. The van der Waals surface area contributed by atoms with Crippen LogP contribution in [0.3, 0.4) is 0 Å². The molecule has 0 fully saturated rings. The summed E-state index contributed by atoms with van der Waals surface area (Å²) in [6, 6.07) is 11.5. The highest BCUT2D eigenvalue weighted by atomic mass is 16.5. The Morgan fingerprint density at radius 2 is 2.16 bits per heavy atom. The summed E-state index contributed by atoms with van der Waals surface area (Å²) in [4.78, 5) is 9.97. The first-order valence-electron chi connectivity index (χ1n) is 5.79. The van der Waals surface area contributed by atoms with Crippen molar-refractivity contribution in [3.8, 4) is 11.8 Å². The molecule has 0 radical (unpaired) electrons. The van der Waals surface area contributed by atoms with Gasteiger partial charge in [-0.3, -0.25) is 0 Å². The van der Waals surface area contributed by atoms with Crippen LogP contribution in [0.1, 0.15) is 11.3 Å². The lowest BCUT2D eigenvalue weighted by Crippen LogP contribution is -2.18. The van der Waals surface area contributed by atoms with Gasteiger partial charge in [0.15, 0.2) is 0 Å². The van der Waals surface area contributed by atoms with Crippen LogP contribution in [-0.4, -0.2) is 24.1 Å². The number of rotatable bonds is 4. The zero-order chi connectivity index (χ0) is 13.7. The van der Waals surface area contributed by atoms with Gasteiger partial charge in [-0.15, -0.1) is 0 Å². The highest BCUT2D eigenvalue weighted by Gasteiger charge is 2.06. The SMILES string of the molecule is COc1cccc(CN(C)c2cc(C#N)ncn2)c1. The van der Waals surface area contributed by atoms with Gasteiger partial charge in [-0.25, -0.2) is 9.97 Å². The second-order valence-electron chi connectivity index (χ2n) is 4.08. The first-order valence-corrected chi connectivity index (χ1v) is 5.79. The van der Waals surface area contributed by atoms with E-state index >= 15 is 0 Å². The topological polar surface area (TPSA) is 62.0 Å². The van der Waals surface area contributed by atoms with Crippen LogP contribution in [0.15, 0.2) is 36.7 Å². The minimum absolute atomic E-state index is 0.363. The summed E-state index contributed by atoms with van der Waals surface area (Å²) in [5.41, 5.74) is 1.47. The van der Waals surface area contributed by atoms with E-state index in [9.17, 15) is 0 Å². The summed E-state index contributed by atoms with van der Waals surface area (Å²) < 4.78 is 5.19. The predicted octanol–water partition coefficient (Wildman–Crippen LogP) is 1.99. The van der Waals surface area contributed by atoms with Crippen LogP contribution in [0.5, 0.6) is 5.75 Å². The third-order valence-electron chi connectivity index (χ3n) is 2.71. The van der Waals surface area contributed by atoms with E-state index in [0.29, 0.717) is 12.2 Å². The number of hydrogen-bond acceptors (Lipinski definition) is 5. The van der Waals surface area contributed by atoms with Gasteiger partial charge < -0.3 is 9.64 Å². The second kappa shape index (κ2) is 5.83. The molecule has 19 heavy (non-hydrogen) atoms. The van der Waals surface area contributed by atoms with Crippen molar-refractivity contribution in [2.75, 3.05) is 19.1 Å². The smallest absolute Gasteiger partial charge is 0.145 e. The molecular formula is C14H14N4O. The average molecular weight is 254 g/mol. The number of nitriles is 1. The molecule has 96 valence electrons. The zero-order valence-electron chi connectivity index (χ0n) is 10.9. The van der Waals surface area contributed by atoms with E-state index in [1.807, 2.05) is 42.3 Å². The molecule has 0 bridgehead atoms. The van der Waals surface area contributed by atoms with Gasteiger partial charge in [-0.2, -0.15) is 5.26 Å². The Hall–Kier alpha value is -2.61. The Morgan fingerprint density at radius 1 is 1.32 bits per heavy atom. The number of nitrogens with zero attached hydrogens (tertiary/aromatic N) is 4. The number of benzene rings is 1. The van der Waals surface area contributed by atoms with Crippen LogP contribution >= 0.6 is 0 Å². The molecule has 2 aromatic rings. The molecule has 0 spiro atoms. The molecule has 0 N–H and O–H groups in total. The first-order chi connectivity index (χ1) is 9.22. The molecule has 5 heteroatoms. The van der Waals surface area contributed by atoms with Crippen molar-refractivity contribution in [2.24, 2.45) is 0 Å². The molecule has 0 aliphatic rings. The summed E-state index contributed by atoms with van der Waals surface area (Å²) in [7, 11) is 3.56. The molecule has 0 aliphatic heterocycles. The fourth-order valence-corrected chi connectivity index (χ4v) is 1.74. The van der Waals surface area contributed by atoms with Gasteiger partial charge in [0.2, 0.25) is 0 Å². The molecular weight excluding hydrogens is 240 g/mol. The summed E-state index contributed by atoms with van der Waals surface area (Å²) in [5, 5.41) is 8.83. The molecule has 0 atom stereocenters. The monoisotopic (exact) mass is 254 g/mol. The molecule has 0 saturated carbocycles. The molecule has 5 nitrogen and oxygen atoms in total. The highest BCUT2D eigenvalue weighted by Crippen LogP contribution is 2.16. The molecule has 2 rings (SSSR count). The van der Waals surface area contributed by atoms with Gasteiger partial charge >= 0.3 is 0 Å². The molecule has 0 aliphatic carbocycles. The Kier molecular flexibility index (Phi) is 3.94. The average Bonchev–Trinajstić information content (AvgIpc) is 2.47. The number of aromatic nitrogens is 2. The van der Waals surface area contributed by atoms with Gasteiger partial charge in [0.1, 0.15) is 29.7 Å². The van der Waals surface area contributed by atoms with Gasteiger partial charge in [0.25, 0.3) is 0 Å². The first kappa shape index (κ1) is 12.8. The van der Waals surface area contributed by atoms with E-state index in [1.54, 1.807) is 13.2 Å². The standard InChI is InChI=1S/C14H14N4O/c1-18(14-7-12(8-15)16-10-17-14)9-11-4-3-5-13(6-11)19-2/h3-7,10H,9H2,1-2H3. The van der Waals surface area contributed by atoms with E-state index in [0.717, 1.165) is 17.1 Å². The van der Waals surface area contributed by atoms with Crippen molar-refractivity contribution in [2.45, 2.75) is 6.54 Å². The van der Waals surface area contributed by atoms with Crippen molar-refractivity contribution >= 4 is 5.82 Å². The van der Waals surface area contributed by atoms with Crippen molar-refractivity contribution in [1.82, 2.24) is 9.97 Å². The van der Waals surface area contributed by atoms with E-state index in [4.69, 9.17) is 10.00 Å². The van der Waals surface area contributed by atoms with E-state index in [-0.39, 0.29) is 0 Å². The Morgan fingerprint density at radius 3 is 2.89 bits per heavy atom. The van der Waals surface area contributed by atoms with Crippen LogP contribution in [0, 0.1) is 11.3 Å².